The van der Waals surface area contributed by atoms with Crippen molar-refractivity contribution in [2.75, 3.05) is 25.5 Å². The molecule has 5 heteroatoms. The van der Waals surface area contributed by atoms with Gasteiger partial charge in [0.05, 0.1) is 12.8 Å². The van der Waals surface area contributed by atoms with Crippen molar-refractivity contribution in [2.45, 2.75) is 57.0 Å². The van der Waals surface area contributed by atoms with Crippen LogP contribution in [0.5, 0.6) is 0 Å². The molecule has 2 aliphatic carbocycles. The number of hydrogen-bond acceptors (Lipinski definition) is 5. The standard InChI is InChI=1S/C19H30N4O/c1-13(23-16-7-8-16)19(20)17-9-6-15(14-4-5-14)12-18(17)21-10-3-11-22-24-2/h6,9,12-14,16,20-23H,3-5,7-8,10-11H2,1-2H3. The molecule has 0 spiro atoms. The van der Waals surface area contributed by atoms with Gasteiger partial charge in [-0.1, -0.05) is 12.1 Å². The molecule has 0 saturated heterocycles. The van der Waals surface area contributed by atoms with Gasteiger partial charge in [0.25, 0.3) is 0 Å². The van der Waals surface area contributed by atoms with Crippen molar-refractivity contribution < 1.29 is 4.84 Å². The summed E-state index contributed by atoms with van der Waals surface area (Å²) < 4.78 is 0. The highest BCUT2D eigenvalue weighted by atomic mass is 16.6. The van der Waals surface area contributed by atoms with Crippen LogP contribution in [0.3, 0.4) is 0 Å². The van der Waals surface area contributed by atoms with Crippen LogP contribution in [-0.4, -0.2) is 38.0 Å². The van der Waals surface area contributed by atoms with E-state index < -0.39 is 0 Å². The van der Waals surface area contributed by atoms with Crippen LogP contribution in [0, 0.1) is 5.41 Å². The van der Waals surface area contributed by atoms with E-state index >= 15 is 0 Å². The molecule has 1 aromatic carbocycles. The number of rotatable bonds is 11. The van der Waals surface area contributed by atoms with E-state index in [1.54, 1.807) is 7.11 Å². The van der Waals surface area contributed by atoms with Crippen LogP contribution in [0.15, 0.2) is 18.2 Å². The van der Waals surface area contributed by atoms with Gasteiger partial charge in [0, 0.05) is 36.4 Å². The Morgan fingerprint density at radius 3 is 2.71 bits per heavy atom. The third-order valence-electron chi connectivity index (χ3n) is 4.79. The van der Waals surface area contributed by atoms with Crippen LogP contribution < -0.4 is 16.1 Å². The van der Waals surface area contributed by atoms with E-state index in [-0.39, 0.29) is 6.04 Å². The summed E-state index contributed by atoms with van der Waals surface area (Å²) in [5.74, 6) is 0.728. The SMILES string of the molecule is CONCCCNc1cc(C2CC2)ccc1C(=N)C(C)NC1CC1. The van der Waals surface area contributed by atoms with Gasteiger partial charge in [-0.05, 0) is 56.6 Å². The predicted octanol–water partition coefficient (Wildman–Crippen LogP) is 3.03. The third kappa shape index (κ3) is 4.79. The zero-order chi connectivity index (χ0) is 16.9. The van der Waals surface area contributed by atoms with E-state index in [0.29, 0.717) is 11.8 Å². The summed E-state index contributed by atoms with van der Waals surface area (Å²) in [4.78, 5) is 4.87. The number of anilines is 1. The molecular weight excluding hydrogens is 300 g/mol. The van der Waals surface area contributed by atoms with Crippen molar-refractivity contribution in [1.29, 1.82) is 5.41 Å². The third-order valence-corrected chi connectivity index (χ3v) is 4.79. The first kappa shape index (κ1) is 17.4. The maximum absolute atomic E-state index is 8.60. The van der Waals surface area contributed by atoms with Crippen molar-refractivity contribution in [2.24, 2.45) is 0 Å². The monoisotopic (exact) mass is 330 g/mol. The number of hydroxylamine groups is 1. The molecule has 24 heavy (non-hydrogen) atoms. The van der Waals surface area contributed by atoms with Gasteiger partial charge in [0.1, 0.15) is 0 Å². The fourth-order valence-corrected chi connectivity index (χ4v) is 3.02. The topological polar surface area (TPSA) is 69.2 Å². The Morgan fingerprint density at radius 1 is 1.25 bits per heavy atom. The average Bonchev–Trinajstić information content (AvgIpc) is 3.47. The molecule has 0 bridgehead atoms. The molecule has 1 atom stereocenters. The summed E-state index contributed by atoms with van der Waals surface area (Å²) in [6.45, 7) is 3.79. The second-order valence-electron chi connectivity index (χ2n) is 7.03. The number of nitrogens with one attached hydrogen (secondary N) is 4. The van der Waals surface area contributed by atoms with E-state index in [1.165, 1.54) is 31.2 Å². The van der Waals surface area contributed by atoms with Crippen LogP contribution in [0.25, 0.3) is 0 Å². The summed E-state index contributed by atoms with van der Waals surface area (Å²) in [7, 11) is 1.64. The Bertz CT molecular complexity index is 566. The molecule has 1 aromatic rings. The lowest BCUT2D eigenvalue weighted by molar-refractivity contribution is 0.0917. The second kappa shape index (κ2) is 8.10. The van der Waals surface area contributed by atoms with Gasteiger partial charge in [-0.2, -0.15) is 0 Å². The van der Waals surface area contributed by atoms with Crippen LogP contribution in [0.2, 0.25) is 0 Å². The van der Waals surface area contributed by atoms with Crippen LogP contribution in [-0.2, 0) is 4.84 Å². The molecule has 2 aliphatic rings. The fourth-order valence-electron chi connectivity index (χ4n) is 3.02. The van der Waals surface area contributed by atoms with Crippen molar-refractivity contribution in [3.05, 3.63) is 29.3 Å². The lowest BCUT2D eigenvalue weighted by Gasteiger charge is -2.19. The molecule has 0 aliphatic heterocycles. The summed E-state index contributed by atoms with van der Waals surface area (Å²) >= 11 is 0. The minimum absolute atomic E-state index is 0.0972. The molecule has 4 N–H and O–H groups in total. The number of benzene rings is 1. The van der Waals surface area contributed by atoms with Crippen LogP contribution >= 0.6 is 0 Å². The first-order chi connectivity index (χ1) is 11.7. The highest BCUT2D eigenvalue weighted by molar-refractivity contribution is 6.06. The van der Waals surface area contributed by atoms with E-state index in [2.05, 4.69) is 41.2 Å². The highest BCUT2D eigenvalue weighted by Gasteiger charge is 2.27. The summed E-state index contributed by atoms with van der Waals surface area (Å²) in [6.07, 6.45) is 6.07. The minimum atomic E-state index is 0.0972. The molecule has 0 amide bonds. The van der Waals surface area contributed by atoms with Crippen molar-refractivity contribution in [1.82, 2.24) is 10.8 Å². The maximum atomic E-state index is 8.60. The quantitative estimate of drug-likeness (QED) is 0.286. The van der Waals surface area contributed by atoms with Gasteiger partial charge in [0.15, 0.2) is 0 Å². The zero-order valence-corrected chi connectivity index (χ0v) is 14.8. The van der Waals surface area contributed by atoms with E-state index in [9.17, 15) is 0 Å². The first-order valence-corrected chi connectivity index (χ1v) is 9.17. The molecule has 2 saturated carbocycles. The largest absolute Gasteiger partial charge is 0.384 e. The van der Waals surface area contributed by atoms with Gasteiger partial charge >= 0.3 is 0 Å². The molecule has 132 valence electrons. The molecule has 5 nitrogen and oxygen atoms in total. The smallest absolute Gasteiger partial charge is 0.0573 e. The van der Waals surface area contributed by atoms with Gasteiger partial charge in [-0.15, -0.1) is 0 Å². The second-order valence-corrected chi connectivity index (χ2v) is 7.03. The summed E-state index contributed by atoms with van der Waals surface area (Å²) in [5.41, 5.74) is 7.09. The van der Waals surface area contributed by atoms with Gasteiger partial charge in [0.2, 0.25) is 0 Å². The molecule has 0 aromatic heterocycles. The molecular formula is C19H30N4O. The number of hydrogen-bond donors (Lipinski definition) is 4. The van der Waals surface area contributed by atoms with Gasteiger partial charge in [-0.25, -0.2) is 5.48 Å². The summed E-state index contributed by atoms with van der Waals surface area (Å²) in [5, 5.41) is 15.7. The van der Waals surface area contributed by atoms with Gasteiger partial charge < -0.3 is 20.9 Å². The maximum Gasteiger partial charge on any atom is 0.0573 e. The zero-order valence-electron chi connectivity index (χ0n) is 14.8. The van der Waals surface area contributed by atoms with Crippen LogP contribution in [0.4, 0.5) is 5.69 Å². The highest BCUT2D eigenvalue weighted by Crippen LogP contribution is 2.41. The Labute approximate surface area is 145 Å². The molecule has 0 radical (unpaired) electrons. The van der Waals surface area contributed by atoms with Crippen molar-refractivity contribution in [3.8, 4) is 0 Å². The van der Waals surface area contributed by atoms with E-state index in [4.69, 9.17) is 10.2 Å². The van der Waals surface area contributed by atoms with E-state index in [0.717, 1.165) is 36.7 Å². The van der Waals surface area contributed by atoms with Crippen molar-refractivity contribution in [3.63, 3.8) is 0 Å². The lowest BCUT2D eigenvalue weighted by atomic mass is 9.98. The Morgan fingerprint density at radius 2 is 2.04 bits per heavy atom. The predicted molar refractivity (Wildman–Crippen MR) is 99.0 cm³/mol. The average molecular weight is 330 g/mol. The molecule has 1 unspecified atom stereocenters. The molecule has 0 heterocycles. The van der Waals surface area contributed by atoms with E-state index in [1.807, 2.05) is 0 Å². The molecule has 3 rings (SSSR count). The summed E-state index contributed by atoms with van der Waals surface area (Å²) in [6, 6.07) is 7.32. The Kier molecular flexibility index (Phi) is 5.87. The Balaban J connectivity index is 1.67. The van der Waals surface area contributed by atoms with Crippen LogP contribution in [0.1, 0.15) is 56.1 Å². The lowest BCUT2D eigenvalue weighted by Crippen LogP contribution is -2.35. The first-order valence-electron chi connectivity index (χ1n) is 9.17. The Hall–Kier alpha value is -1.43. The van der Waals surface area contributed by atoms with Crippen molar-refractivity contribution >= 4 is 11.4 Å². The minimum Gasteiger partial charge on any atom is -0.384 e. The fraction of sp³-hybridized carbons (Fsp3) is 0.632. The molecule has 2 fully saturated rings. The van der Waals surface area contributed by atoms with Gasteiger partial charge in [-0.3, -0.25) is 0 Å². The normalized spacial score (nSPS) is 18.4.